The standard InChI is InChI=1S/C22H32N6O2/c1-3-5-6-7-8-12-15-24-21-19(28-27-17-13-10-9-11-14-17)16-18(20(23)26-21)25-22(29)30-4-2/h9-11,13-14,16H,3-8,12,15H2,1-2H3,(H,25,29)(H3,23,24,26). The second kappa shape index (κ2) is 13.1. The molecule has 0 unspecified atom stereocenters. The van der Waals surface area contributed by atoms with Gasteiger partial charge in [0.1, 0.15) is 11.5 Å². The van der Waals surface area contributed by atoms with E-state index in [1.165, 1.54) is 25.7 Å². The number of aromatic nitrogens is 1. The van der Waals surface area contributed by atoms with Crippen molar-refractivity contribution in [2.45, 2.75) is 52.4 Å². The number of ether oxygens (including phenoxy) is 1. The molecule has 1 heterocycles. The topological polar surface area (TPSA) is 114 Å². The van der Waals surface area contributed by atoms with Gasteiger partial charge >= 0.3 is 6.09 Å². The van der Waals surface area contributed by atoms with Crippen LogP contribution in [-0.2, 0) is 4.74 Å². The first-order valence-corrected chi connectivity index (χ1v) is 10.6. The van der Waals surface area contributed by atoms with Crippen LogP contribution >= 0.6 is 0 Å². The first-order chi connectivity index (χ1) is 14.6. The molecule has 0 saturated heterocycles. The van der Waals surface area contributed by atoms with Crippen molar-refractivity contribution in [3.63, 3.8) is 0 Å². The van der Waals surface area contributed by atoms with Gasteiger partial charge in [0.25, 0.3) is 0 Å². The van der Waals surface area contributed by atoms with Crippen molar-refractivity contribution >= 4 is 34.8 Å². The highest BCUT2D eigenvalue weighted by Crippen LogP contribution is 2.32. The minimum Gasteiger partial charge on any atom is -0.450 e. The van der Waals surface area contributed by atoms with E-state index in [-0.39, 0.29) is 12.4 Å². The van der Waals surface area contributed by atoms with Crippen LogP contribution in [0.3, 0.4) is 0 Å². The van der Waals surface area contributed by atoms with Gasteiger partial charge in [0, 0.05) is 6.54 Å². The molecule has 0 fully saturated rings. The van der Waals surface area contributed by atoms with Gasteiger partial charge < -0.3 is 15.8 Å². The number of rotatable bonds is 12. The number of anilines is 3. The lowest BCUT2D eigenvalue weighted by Crippen LogP contribution is -2.15. The Kier molecular flexibility index (Phi) is 10.1. The summed E-state index contributed by atoms with van der Waals surface area (Å²) in [4.78, 5) is 16.2. The lowest BCUT2D eigenvalue weighted by Gasteiger charge is -2.13. The fourth-order valence-corrected chi connectivity index (χ4v) is 2.82. The number of hydrogen-bond acceptors (Lipinski definition) is 7. The van der Waals surface area contributed by atoms with Crippen molar-refractivity contribution in [2.24, 2.45) is 10.2 Å². The summed E-state index contributed by atoms with van der Waals surface area (Å²) in [5, 5.41) is 14.5. The first kappa shape index (κ1) is 23.1. The average molecular weight is 413 g/mol. The SMILES string of the molecule is CCCCCCCCNc1nc(N)c(NC(=O)OCC)cc1N=Nc1ccccc1. The number of unbranched alkanes of at least 4 members (excludes halogenated alkanes) is 5. The highest BCUT2D eigenvalue weighted by atomic mass is 16.5. The fraction of sp³-hybridized carbons (Fsp3) is 0.455. The molecule has 2 aromatic rings. The van der Waals surface area contributed by atoms with E-state index in [1.807, 2.05) is 30.3 Å². The van der Waals surface area contributed by atoms with Crippen molar-refractivity contribution in [1.29, 1.82) is 0 Å². The number of amides is 1. The van der Waals surface area contributed by atoms with Gasteiger partial charge in [-0.15, -0.1) is 5.11 Å². The molecule has 0 spiro atoms. The molecule has 2 rings (SSSR count). The summed E-state index contributed by atoms with van der Waals surface area (Å²) >= 11 is 0. The second-order valence-corrected chi connectivity index (χ2v) is 6.86. The smallest absolute Gasteiger partial charge is 0.411 e. The van der Waals surface area contributed by atoms with Crippen LogP contribution in [0.1, 0.15) is 52.4 Å². The van der Waals surface area contributed by atoms with E-state index in [9.17, 15) is 4.79 Å². The molecule has 1 aromatic carbocycles. The molecular formula is C22H32N6O2. The lowest BCUT2D eigenvalue weighted by molar-refractivity contribution is 0.168. The Morgan fingerprint density at radius 3 is 2.53 bits per heavy atom. The molecule has 0 saturated carbocycles. The number of benzene rings is 1. The monoisotopic (exact) mass is 412 g/mol. The number of nitrogens with zero attached hydrogens (tertiary/aromatic N) is 3. The minimum atomic E-state index is -0.593. The van der Waals surface area contributed by atoms with E-state index in [1.54, 1.807) is 13.0 Å². The van der Waals surface area contributed by atoms with Crippen molar-refractivity contribution in [2.75, 3.05) is 29.5 Å². The molecule has 0 atom stereocenters. The molecule has 30 heavy (non-hydrogen) atoms. The third-order valence-electron chi connectivity index (χ3n) is 4.40. The van der Waals surface area contributed by atoms with E-state index >= 15 is 0 Å². The maximum atomic E-state index is 11.8. The van der Waals surface area contributed by atoms with Gasteiger partial charge in [-0.1, -0.05) is 57.2 Å². The Morgan fingerprint density at radius 2 is 1.80 bits per heavy atom. The summed E-state index contributed by atoms with van der Waals surface area (Å²) in [7, 11) is 0. The average Bonchev–Trinajstić information content (AvgIpc) is 2.74. The Labute approximate surface area is 178 Å². The minimum absolute atomic E-state index is 0.187. The van der Waals surface area contributed by atoms with Gasteiger partial charge in [-0.25, -0.2) is 9.78 Å². The van der Waals surface area contributed by atoms with Crippen LogP contribution in [0.2, 0.25) is 0 Å². The number of nitrogen functional groups attached to an aromatic ring is 1. The Bertz CT molecular complexity index is 811. The van der Waals surface area contributed by atoms with E-state index in [4.69, 9.17) is 10.5 Å². The highest BCUT2D eigenvalue weighted by molar-refractivity contribution is 5.90. The summed E-state index contributed by atoms with van der Waals surface area (Å²) in [5.74, 6) is 0.724. The van der Waals surface area contributed by atoms with Gasteiger partial charge in [-0.05, 0) is 31.5 Å². The third-order valence-corrected chi connectivity index (χ3v) is 4.40. The van der Waals surface area contributed by atoms with Crippen LogP contribution in [0.4, 0.5) is 33.5 Å². The van der Waals surface area contributed by atoms with E-state index in [0.29, 0.717) is 17.2 Å². The third kappa shape index (κ3) is 8.06. The molecule has 8 heteroatoms. The summed E-state index contributed by atoms with van der Waals surface area (Å²) in [5.41, 5.74) is 7.58. The lowest BCUT2D eigenvalue weighted by atomic mass is 10.1. The molecule has 0 aliphatic heterocycles. The quantitative estimate of drug-likeness (QED) is 0.275. The van der Waals surface area contributed by atoms with Gasteiger partial charge in [0.15, 0.2) is 5.82 Å². The van der Waals surface area contributed by atoms with E-state index in [0.717, 1.165) is 25.1 Å². The fourth-order valence-electron chi connectivity index (χ4n) is 2.82. The van der Waals surface area contributed by atoms with Crippen molar-refractivity contribution in [3.05, 3.63) is 36.4 Å². The molecule has 1 aromatic heterocycles. The van der Waals surface area contributed by atoms with E-state index < -0.39 is 6.09 Å². The molecule has 0 radical (unpaired) electrons. The van der Waals surface area contributed by atoms with Gasteiger partial charge in [-0.3, -0.25) is 5.32 Å². The molecule has 1 amide bonds. The second-order valence-electron chi connectivity index (χ2n) is 6.86. The number of pyridine rings is 1. The predicted molar refractivity (Wildman–Crippen MR) is 122 cm³/mol. The van der Waals surface area contributed by atoms with Crippen LogP contribution < -0.4 is 16.4 Å². The molecule has 8 nitrogen and oxygen atoms in total. The van der Waals surface area contributed by atoms with Gasteiger partial charge in [-0.2, -0.15) is 5.11 Å². The first-order valence-electron chi connectivity index (χ1n) is 10.6. The molecular weight excluding hydrogens is 380 g/mol. The maximum Gasteiger partial charge on any atom is 0.411 e. The summed E-state index contributed by atoms with van der Waals surface area (Å²) in [6.45, 7) is 4.97. The van der Waals surface area contributed by atoms with Crippen LogP contribution in [0, 0.1) is 0 Å². The van der Waals surface area contributed by atoms with Crippen LogP contribution in [-0.4, -0.2) is 24.2 Å². The molecule has 0 aliphatic rings. The molecule has 162 valence electrons. The number of hydrogen-bond donors (Lipinski definition) is 3. The summed E-state index contributed by atoms with van der Waals surface area (Å²) in [6.07, 6.45) is 6.62. The highest BCUT2D eigenvalue weighted by Gasteiger charge is 2.13. The Hall–Kier alpha value is -3.16. The summed E-state index contributed by atoms with van der Waals surface area (Å²) in [6, 6.07) is 11.1. The van der Waals surface area contributed by atoms with Crippen LogP contribution in [0.15, 0.2) is 46.6 Å². The van der Waals surface area contributed by atoms with Crippen molar-refractivity contribution < 1.29 is 9.53 Å². The van der Waals surface area contributed by atoms with Crippen molar-refractivity contribution in [3.8, 4) is 0 Å². The number of nitrogens with two attached hydrogens (primary N) is 1. The predicted octanol–water partition coefficient (Wildman–Crippen LogP) is 6.42. The van der Waals surface area contributed by atoms with Gasteiger partial charge in [0.2, 0.25) is 0 Å². The molecule has 4 N–H and O–H groups in total. The number of azo groups is 1. The largest absolute Gasteiger partial charge is 0.450 e. The zero-order valence-corrected chi connectivity index (χ0v) is 17.9. The number of nitrogens with one attached hydrogen (secondary N) is 2. The number of carbonyl (C=O) groups is 1. The molecule has 0 bridgehead atoms. The van der Waals surface area contributed by atoms with Crippen molar-refractivity contribution in [1.82, 2.24) is 4.98 Å². The zero-order chi connectivity index (χ0) is 21.6. The molecule has 0 aliphatic carbocycles. The van der Waals surface area contributed by atoms with Gasteiger partial charge in [0.05, 0.1) is 18.0 Å². The Balaban J connectivity index is 2.11. The van der Waals surface area contributed by atoms with Crippen LogP contribution in [0.5, 0.6) is 0 Å². The van der Waals surface area contributed by atoms with Crippen LogP contribution in [0.25, 0.3) is 0 Å². The normalized spacial score (nSPS) is 10.9. The zero-order valence-electron chi connectivity index (χ0n) is 17.9. The number of carbonyl (C=O) groups excluding carboxylic acids is 1. The maximum absolute atomic E-state index is 11.8. The van der Waals surface area contributed by atoms with E-state index in [2.05, 4.69) is 32.8 Å². The summed E-state index contributed by atoms with van der Waals surface area (Å²) < 4.78 is 4.92. The Morgan fingerprint density at radius 1 is 1.07 bits per heavy atom.